The highest BCUT2D eigenvalue weighted by molar-refractivity contribution is 6.22. The molecule has 0 amide bonds. The van der Waals surface area contributed by atoms with E-state index in [0.717, 1.165) is 6.42 Å². The Kier molecular flexibility index (Phi) is 3.89. The molecule has 0 aliphatic heterocycles. The van der Waals surface area contributed by atoms with E-state index >= 15 is 0 Å². The fourth-order valence-corrected chi connectivity index (χ4v) is 4.64. The number of benzene rings is 4. The minimum atomic E-state index is 1.16. The molecule has 4 aromatic carbocycles. The average molecular weight is 351 g/mol. The van der Waals surface area contributed by atoms with E-state index in [0.29, 0.717) is 0 Å². The third-order valence-electron chi connectivity index (χ3n) is 6.00. The predicted molar refractivity (Wildman–Crippen MR) is 119 cm³/mol. The standard InChI is InChI=1S/C26H25N/c1-3-4-5-9-18-12-8-13-22-25-23-17-20-11-7-6-10-19(20)16-21(23)14-15-24(25)27(2)26(18)22/h6-8,10-17H,3-5,9H2,1-2H3. The second-order valence-corrected chi connectivity index (χ2v) is 7.71. The van der Waals surface area contributed by atoms with Crippen LogP contribution in [-0.4, -0.2) is 4.57 Å². The van der Waals surface area contributed by atoms with Crippen LogP contribution in [0, 0.1) is 0 Å². The Bertz CT molecular complexity index is 1290. The molecule has 0 fully saturated rings. The normalized spacial score (nSPS) is 11.9. The van der Waals surface area contributed by atoms with E-state index in [-0.39, 0.29) is 0 Å². The van der Waals surface area contributed by atoms with Crippen molar-refractivity contribution in [3.05, 3.63) is 72.3 Å². The van der Waals surface area contributed by atoms with Gasteiger partial charge in [-0.1, -0.05) is 68.3 Å². The summed E-state index contributed by atoms with van der Waals surface area (Å²) in [6.45, 7) is 2.27. The minimum absolute atomic E-state index is 1.16. The molecular formula is C26H25N. The van der Waals surface area contributed by atoms with E-state index in [1.807, 2.05) is 0 Å². The van der Waals surface area contributed by atoms with E-state index < -0.39 is 0 Å². The predicted octanol–water partition coefficient (Wildman–Crippen LogP) is 7.37. The molecule has 0 bridgehead atoms. The summed E-state index contributed by atoms with van der Waals surface area (Å²) < 4.78 is 2.40. The number of rotatable bonds is 4. The molecule has 0 saturated carbocycles. The third-order valence-corrected chi connectivity index (χ3v) is 6.00. The molecule has 0 N–H and O–H groups in total. The van der Waals surface area contributed by atoms with Crippen LogP contribution in [0.2, 0.25) is 0 Å². The zero-order valence-corrected chi connectivity index (χ0v) is 16.1. The molecule has 0 spiro atoms. The van der Waals surface area contributed by atoms with Crippen molar-refractivity contribution in [2.24, 2.45) is 7.05 Å². The number of para-hydroxylation sites is 1. The molecule has 0 atom stereocenters. The van der Waals surface area contributed by atoms with Gasteiger partial charge in [-0.3, -0.25) is 0 Å². The molecule has 5 aromatic rings. The van der Waals surface area contributed by atoms with Gasteiger partial charge < -0.3 is 4.57 Å². The summed E-state index contributed by atoms with van der Waals surface area (Å²) in [5.41, 5.74) is 4.22. The minimum Gasteiger partial charge on any atom is -0.343 e. The van der Waals surface area contributed by atoms with Gasteiger partial charge in [0, 0.05) is 23.3 Å². The van der Waals surface area contributed by atoms with Gasteiger partial charge in [-0.2, -0.15) is 0 Å². The summed E-state index contributed by atoms with van der Waals surface area (Å²) in [7, 11) is 2.22. The molecule has 5 rings (SSSR count). The first-order valence-corrected chi connectivity index (χ1v) is 10.1. The first-order chi connectivity index (χ1) is 13.3. The zero-order chi connectivity index (χ0) is 18.4. The summed E-state index contributed by atoms with van der Waals surface area (Å²) in [6.07, 6.45) is 5.00. The molecular weight excluding hydrogens is 326 g/mol. The van der Waals surface area contributed by atoms with Gasteiger partial charge in [0.05, 0.1) is 5.52 Å². The van der Waals surface area contributed by atoms with Crippen molar-refractivity contribution in [2.45, 2.75) is 32.6 Å². The highest BCUT2D eigenvalue weighted by Gasteiger charge is 2.14. The molecule has 1 heteroatoms. The fourth-order valence-electron chi connectivity index (χ4n) is 4.64. The van der Waals surface area contributed by atoms with Crippen molar-refractivity contribution in [3.63, 3.8) is 0 Å². The van der Waals surface area contributed by atoms with Crippen molar-refractivity contribution in [2.75, 3.05) is 0 Å². The number of hydrogen-bond acceptors (Lipinski definition) is 0. The van der Waals surface area contributed by atoms with Gasteiger partial charge in [0.15, 0.2) is 0 Å². The number of aromatic nitrogens is 1. The van der Waals surface area contributed by atoms with E-state index in [1.54, 1.807) is 0 Å². The third kappa shape index (κ3) is 2.53. The van der Waals surface area contributed by atoms with Crippen LogP contribution < -0.4 is 0 Å². The molecule has 0 radical (unpaired) electrons. The fraction of sp³-hybridized carbons (Fsp3) is 0.231. The van der Waals surface area contributed by atoms with Crippen molar-refractivity contribution < 1.29 is 0 Å². The molecule has 134 valence electrons. The summed E-state index contributed by atoms with van der Waals surface area (Å²) in [5, 5.41) is 8.10. The molecule has 0 aliphatic rings. The number of hydrogen-bond donors (Lipinski definition) is 0. The van der Waals surface area contributed by atoms with Crippen LogP contribution >= 0.6 is 0 Å². The van der Waals surface area contributed by atoms with Crippen molar-refractivity contribution in [1.82, 2.24) is 4.57 Å². The van der Waals surface area contributed by atoms with Crippen LogP contribution in [0.5, 0.6) is 0 Å². The average Bonchev–Trinajstić information content (AvgIpc) is 3.00. The van der Waals surface area contributed by atoms with Crippen LogP contribution in [0.1, 0.15) is 31.7 Å². The molecule has 0 aliphatic carbocycles. The molecule has 1 nitrogen and oxygen atoms in total. The number of aryl methyl sites for hydroxylation is 2. The Hall–Kier alpha value is -2.80. The summed E-state index contributed by atoms with van der Waals surface area (Å²) >= 11 is 0. The van der Waals surface area contributed by atoms with Gasteiger partial charge in [-0.05, 0) is 58.1 Å². The van der Waals surface area contributed by atoms with Gasteiger partial charge >= 0.3 is 0 Å². The monoisotopic (exact) mass is 351 g/mol. The van der Waals surface area contributed by atoms with Gasteiger partial charge in [0.25, 0.3) is 0 Å². The maximum absolute atomic E-state index is 2.40. The number of unbranched alkanes of at least 4 members (excludes halogenated alkanes) is 2. The smallest absolute Gasteiger partial charge is 0.0521 e. The summed E-state index contributed by atoms with van der Waals surface area (Å²) in [5.74, 6) is 0. The maximum atomic E-state index is 2.40. The van der Waals surface area contributed by atoms with Crippen LogP contribution in [0.4, 0.5) is 0 Å². The number of nitrogens with zero attached hydrogens (tertiary/aromatic N) is 1. The quantitative estimate of drug-likeness (QED) is 0.235. The first kappa shape index (κ1) is 16.4. The number of fused-ring (bicyclic) bond motifs is 6. The topological polar surface area (TPSA) is 4.93 Å². The van der Waals surface area contributed by atoms with E-state index in [9.17, 15) is 0 Å². The van der Waals surface area contributed by atoms with E-state index in [2.05, 4.69) is 85.3 Å². The lowest BCUT2D eigenvalue weighted by Crippen LogP contribution is -1.93. The van der Waals surface area contributed by atoms with Gasteiger partial charge in [0.2, 0.25) is 0 Å². The van der Waals surface area contributed by atoms with Gasteiger partial charge in [-0.25, -0.2) is 0 Å². The molecule has 1 aromatic heterocycles. The van der Waals surface area contributed by atoms with Crippen LogP contribution in [-0.2, 0) is 13.5 Å². The summed E-state index contributed by atoms with van der Waals surface area (Å²) in [4.78, 5) is 0. The largest absolute Gasteiger partial charge is 0.343 e. The second kappa shape index (κ2) is 6.42. The van der Waals surface area contributed by atoms with Crippen LogP contribution in [0.25, 0.3) is 43.4 Å². The molecule has 0 unspecified atom stereocenters. The first-order valence-electron chi connectivity index (χ1n) is 10.1. The lowest BCUT2D eigenvalue weighted by molar-refractivity contribution is 0.718. The Balaban J connectivity index is 1.85. The molecule has 1 heterocycles. The van der Waals surface area contributed by atoms with Gasteiger partial charge in [-0.15, -0.1) is 0 Å². The Morgan fingerprint density at radius 3 is 2.37 bits per heavy atom. The van der Waals surface area contributed by atoms with Gasteiger partial charge in [0.1, 0.15) is 0 Å². The Morgan fingerprint density at radius 2 is 1.56 bits per heavy atom. The SMILES string of the molecule is CCCCCc1cccc2c3c4cc5ccccc5cc4ccc3n(C)c12. The van der Waals surface area contributed by atoms with Crippen molar-refractivity contribution in [1.29, 1.82) is 0 Å². The Labute approximate surface area is 160 Å². The van der Waals surface area contributed by atoms with Crippen LogP contribution in [0.3, 0.4) is 0 Å². The second-order valence-electron chi connectivity index (χ2n) is 7.71. The lowest BCUT2D eigenvalue weighted by Gasteiger charge is -2.06. The zero-order valence-electron chi connectivity index (χ0n) is 16.1. The van der Waals surface area contributed by atoms with E-state index in [1.165, 1.54) is 68.2 Å². The Morgan fingerprint density at radius 1 is 0.741 bits per heavy atom. The van der Waals surface area contributed by atoms with Crippen molar-refractivity contribution >= 4 is 43.4 Å². The molecule has 0 saturated heterocycles. The van der Waals surface area contributed by atoms with E-state index in [4.69, 9.17) is 0 Å². The lowest BCUT2D eigenvalue weighted by atomic mass is 9.98. The van der Waals surface area contributed by atoms with Crippen LogP contribution in [0.15, 0.2) is 66.7 Å². The van der Waals surface area contributed by atoms with Crippen molar-refractivity contribution in [3.8, 4) is 0 Å². The molecule has 27 heavy (non-hydrogen) atoms. The highest BCUT2D eigenvalue weighted by atomic mass is 14.9. The highest BCUT2D eigenvalue weighted by Crippen LogP contribution is 2.37. The maximum Gasteiger partial charge on any atom is 0.0521 e. The summed E-state index contributed by atoms with van der Waals surface area (Å²) in [6, 6.07) is 24.8.